The van der Waals surface area contributed by atoms with Crippen LogP contribution in [0.5, 0.6) is 0 Å². The van der Waals surface area contributed by atoms with E-state index in [-0.39, 0.29) is 11.9 Å². The van der Waals surface area contributed by atoms with Gasteiger partial charge in [-0.15, -0.1) is 0 Å². The van der Waals surface area contributed by atoms with Crippen LogP contribution in [0.3, 0.4) is 0 Å². The van der Waals surface area contributed by atoms with Gasteiger partial charge in [0.2, 0.25) is 11.9 Å². The lowest BCUT2D eigenvalue weighted by atomic mass is 10.3. The van der Waals surface area contributed by atoms with E-state index in [1.165, 1.54) is 0 Å². The Labute approximate surface area is 112 Å². The van der Waals surface area contributed by atoms with Gasteiger partial charge in [0.15, 0.2) is 5.65 Å². The highest BCUT2D eigenvalue weighted by molar-refractivity contribution is 5.77. The quantitative estimate of drug-likeness (QED) is 0.867. The number of amides is 1. The third kappa shape index (κ3) is 3.01. The minimum Gasteiger partial charge on any atom is -0.369 e. The molecular formula is C13H19N5O. The number of carbonyl (C=O) groups excluding carboxylic acids is 1. The third-order valence-electron chi connectivity index (χ3n) is 2.77. The maximum Gasteiger partial charge on any atom is 0.221 e. The summed E-state index contributed by atoms with van der Waals surface area (Å²) in [6.07, 6.45) is 0.365. The molecule has 0 saturated heterocycles. The summed E-state index contributed by atoms with van der Waals surface area (Å²) >= 11 is 0. The molecular weight excluding hydrogens is 242 g/mol. The van der Waals surface area contributed by atoms with Gasteiger partial charge in [-0.3, -0.25) is 9.36 Å². The van der Waals surface area contributed by atoms with Gasteiger partial charge >= 0.3 is 0 Å². The number of aryl methyl sites for hydroxylation is 2. The number of nitrogen functional groups attached to an aromatic ring is 1. The first-order valence-electron chi connectivity index (χ1n) is 6.36. The minimum atomic E-state index is 0.00361. The number of pyridine rings is 1. The number of aromatic nitrogens is 3. The molecule has 3 N–H and O–H groups in total. The second kappa shape index (κ2) is 5.26. The number of hydrogen-bond donors (Lipinski definition) is 2. The van der Waals surface area contributed by atoms with Crippen molar-refractivity contribution >= 4 is 23.0 Å². The molecule has 0 spiro atoms. The number of anilines is 1. The average molecular weight is 261 g/mol. The SMILES string of the molecule is Cc1ccc2nc(N)n(CCC(=O)NC(C)C)c2n1. The second-order valence-corrected chi connectivity index (χ2v) is 4.89. The Kier molecular flexibility index (Phi) is 3.69. The molecule has 0 atom stereocenters. The highest BCUT2D eigenvalue weighted by Gasteiger charge is 2.11. The van der Waals surface area contributed by atoms with Crippen LogP contribution in [-0.2, 0) is 11.3 Å². The lowest BCUT2D eigenvalue weighted by molar-refractivity contribution is -0.121. The van der Waals surface area contributed by atoms with Crippen molar-refractivity contribution in [3.8, 4) is 0 Å². The van der Waals surface area contributed by atoms with Crippen molar-refractivity contribution in [2.45, 2.75) is 39.8 Å². The monoisotopic (exact) mass is 261 g/mol. The minimum absolute atomic E-state index is 0.00361. The number of nitrogens with zero attached hydrogens (tertiary/aromatic N) is 3. The molecule has 0 fully saturated rings. The lowest BCUT2D eigenvalue weighted by Gasteiger charge is -2.09. The third-order valence-corrected chi connectivity index (χ3v) is 2.77. The van der Waals surface area contributed by atoms with Crippen LogP contribution >= 0.6 is 0 Å². The van der Waals surface area contributed by atoms with Crippen LogP contribution in [0.25, 0.3) is 11.2 Å². The maximum atomic E-state index is 11.7. The van der Waals surface area contributed by atoms with Crippen LogP contribution in [0.1, 0.15) is 26.0 Å². The van der Waals surface area contributed by atoms with E-state index in [2.05, 4.69) is 15.3 Å². The van der Waals surface area contributed by atoms with Gasteiger partial charge in [0, 0.05) is 24.7 Å². The first kappa shape index (κ1) is 13.3. The van der Waals surface area contributed by atoms with Crippen LogP contribution < -0.4 is 11.1 Å². The zero-order valence-electron chi connectivity index (χ0n) is 11.5. The molecule has 2 rings (SSSR count). The van der Waals surface area contributed by atoms with E-state index in [4.69, 9.17) is 5.73 Å². The summed E-state index contributed by atoms with van der Waals surface area (Å²) in [7, 11) is 0. The van der Waals surface area contributed by atoms with E-state index < -0.39 is 0 Å². The molecule has 0 aromatic carbocycles. The molecule has 0 bridgehead atoms. The number of fused-ring (bicyclic) bond motifs is 1. The highest BCUT2D eigenvalue weighted by Crippen LogP contribution is 2.16. The van der Waals surface area contributed by atoms with Gasteiger partial charge in [-0.05, 0) is 32.9 Å². The van der Waals surface area contributed by atoms with E-state index in [1.807, 2.05) is 32.9 Å². The van der Waals surface area contributed by atoms with Crippen LogP contribution in [0, 0.1) is 6.92 Å². The molecule has 2 aromatic heterocycles. The van der Waals surface area contributed by atoms with Crippen LogP contribution in [0.2, 0.25) is 0 Å². The van der Waals surface area contributed by atoms with Crippen molar-refractivity contribution in [1.29, 1.82) is 0 Å². The van der Waals surface area contributed by atoms with E-state index in [9.17, 15) is 4.79 Å². The van der Waals surface area contributed by atoms with Gasteiger partial charge in [-0.25, -0.2) is 9.97 Å². The number of imidazole rings is 1. The molecule has 0 saturated carbocycles. The number of nitrogens with two attached hydrogens (primary N) is 1. The molecule has 19 heavy (non-hydrogen) atoms. The van der Waals surface area contributed by atoms with Crippen molar-refractivity contribution in [3.05, 3.63) is 17.8 Å². The van der Waals surface area contributed by atoms with E-state index >= 15 is 0 Å². The Balaban J connectivity index is 2.18. The summed E-state index contributed by atoms with van der Waals surface area (Å²) in [5.74, 6) is 0.398. The summed E-state index contributed by atoms with van der Waals surface area (Å²) < 4.78 is 1.78. The Morgan fingerprint density at radius 2 is 2.16 bits per heavy atom. The largest absolute Gasteiger partial charge is 0.369 e. The van der Waals surface area contributed by atoms with Gasteiger partial charge in [-0.1, -0.05) is 0 Å². The van der Waals surface area contributed by atoms with Gasteiger partial charge in [-0.2, -0.15) is 0 Å². The number of hydrogen-bond acceptors (Lipinski definition) is 4. The molecule has 6 nitrogen and oxygen atoms in total. The summed E-state index contributed by atoms with van der Waals surface area (Å²) in [6, 6.07) is 3.92. The van der Waals surface area contributed by atoms with Gasteiger partial charge in [0.1, 0.15) is 5.52 Å². The number of nitrogens with one attached hydrogen (secondary N) is 1. The molecule has 1 amide bonds. The van der Waals surface area contributed by atoms with Crippen molar-refractivity contribution in [2.75, 3.05) is 5.73 Å². The van der Waals surface area contributed by atoms with Gasteiger partial charge in [0.25, 0.3) is 0 Å². The van der Waals surface area contributed by atoms with Crippen molar-refractivity contribution in [1.82, 2.24) is 19.9 Å². The van der Waals surface area contributed by atoms with Crippen LogP contribution in [0.4, 0.5) is 5.95 Å². The summed E-state index contributed by atoms with van der Waals surface area (Å²) in [5, 5.41) is 2.85. The topological polar surface area (TPSA) is 85.8 Å². The van der Waals surface area contributed by atoms with Crippen molar-refractivity contribution in [3.63, 3.8) is 0 Å². The van der Waals surface area contributed by atoms with Gasteiger partial charge < -0.3 is 11.1 Å². The second-order valence-electron chi connectivity index (χ2n) is 4.89. The van der Waals surface area contributed by atoms with E-state index in [0.29, 0.717) is 18.9 Å². The van der Waals surface area contributed by atoms with Crippen LogP contribution in [-0.4, -0.2) is 26.5 Å². The Morgan fingerprint density at radius 1 is 1.42 bits per heavy atom. The van der Waals surface area contributed by atoms with Crippen molar-refractivity contribution in [2.24, 2.45) is 0 Å². The first-order chi connectivity index (χ1) is 8.97. The summed E-state index contributed by atoms with van der Waals surface area (Å²) in [6.45, 7) is 6.27. The first-order valence-corrected chi connectivity index (χ1v) is 6.36. The molecule has 0 radical (unpaired) electrons. The zero-order chi connectivity index (χ0) is 14.0. The number of rotatable bonds is 4. The van der Waals surface area contributed by atoms with Crippen molar-refractivity contribution < 1.29 is 4.79 Å². The predicted molar refractivity (Wildman–Crippen MR) is 74.6 cm³/mol. The highest BCUT2D eigenvalue weighted by atomic mass is 16.1. The summed E-state index contributed by atoms with van der Waals surface area (Å²) in [5.41, 5.74) is 8.26. The molecule has 2 heterocycles. The fourth-order valence-electron chi connectivity index (χ4n) is 1.94. The van der Waals surface area contributed by atoms with E-state index in [1.54, 1.807) is 4.57 Å². The molecule has 0 aliphatic rings. The molecule has 0 aliphatic heterocycles. The fourth-order valence-corrected chi connectivity index (χ4v) is 1.94. The zero-order valence-corrected chi connectivity index (χ0v) is 11.5. The number of carbonyl (C=O) groups is 1. The Morgan fingerprint density at radius 3 is 2.84 bits per heavy atom. The summed E-state index contributed by atoms with van der Waals surface area (Å²) in [4.78, 5) is 20.3. The molecule has 0 aliphatic carbocycles. The maximum absolute atomic E-state index is 11.7. The fraction of sp³-hybridized carbons (Fsp3) is 0.462. The average Bonchev–Trinajstić information content (AvgIpc) is 2.61. The lowest BCUT2D eigenvalue weighted by Crippen LogP contribution is -2.30. The van der Waals surface area contributed by atoms with Gasteiger partial charge in [0.05, 0.1) is 0 Å². The Bertz CT molecular complexity index is 602. The van der Waals surface area contributed by atoms with Crippen LogP contribution in [0.15, 0.2) is 12.1 Å². The normalized spacial score (nSPS) is 11.2. The predicted octanol–water partition coefficient (Wildman–Crippen LogP) is 1.24. The molecule has 6 heteroatoms. The standard InChI is InChI=1S/C13H19N5O/c1-8(2)15-11(19)6-7-18-12-10(17-13(18)14)5-4-9(3)16-12/h4-5,8H,6-7H2,1-3H3,(H2,14,17)(H,15,19). The molecule has 2 aromatic rings. The smallest absolute Gasteiger partial charge is 0.221 e. The molecule has 0 unspecified atom stereocenters. The Hall–Kier alpha value is -2.11. The van der Waals surface area contributed by atoms with E-state index in [0.717, 1.165) is 16.9 Å². The molecule has 102 valence electrons.